The Bertz CT molecular complexity index is 2660. The molecule has 0 amide bonds. The summed E-state index contributed by atoms with van der Waals surface area (Å²) in [6.07, 6.45) is 11.6. The van der Waals surface area contributed by atoms with Crippen LogP contribution in [0.3, 0.4) is 0 Å². The first-order chi connectivity index (χ1) is 24.7. The molecule has 14 aliphatic carbocycles. The number of carbonyl (C=O) groups excluding carboxylic acids is 1. The second-order valence-corrected chi connectivity index (χ2v) is 21.3. The molecule has 1 spiro atoms. The Morgan fingerprint density at radius 3 is 2.26 bits per heavy atom. The van der Waals surface area contributed by atoms with Crippen LogP contribution in [0.2, 0.25) is 0 Å². The smallest absolute Gasteiger partial charge is 0.305 e. The first-order valence-electron chi connectivity index (χ1n) is 20.8. The number of fused-ring (bicyclic) bond motifs is 5. The number of carbonyl (C=O) groups is 1. The van der Waals surface area contributed by atoms with Gasteiger partial charge in [-0.15, -0.1) is 11.3 Å². The van der Waals surface area contributed by atoms with Crippen molar-refractivity contribution in [1.82, 2.24) is 0 Å². The summed E-state index contributed by atoms with van der Waals surface area (Å²) in [5.74, 6) is 11.4. The van der Waals surface area contributed by atoms with Crippen molar-refractivity contribution in [3.8, 4) is 0 Å². The lowest BCUT2D eigenvalue weighted by atomic mass is 9.36. The van der Waals surface area contributed by atoms with E-state index in [2.05, 4.69) is 34.4 Å². The molecule has 4 aromatic rings. The first-order valence-corrected chi connectivity index (χ1v) is 21.7. The monoisotopic (exact) mass is 666 g/mol. The van der Waals surface area contributed by atoms with E-state index in [1.54, 1.807) is 12.0 Å². The van der Waals surface area contributed by atoms with Crippen molar-refractivity contribution >= 4 is 44.4 Å². The second kappa shape index (κ2) is 6.61. The average molecular weight is 667 g/mol. The molecular weight excluding hydrogens is 629 g/mol. The zero-order valence-electron chi connectivity index (χ0n) is 28.4. The molecule has 0 aliphatic heterocycles. The molecule has 0 N–H and O–H groups in total. The number of rotatable bonds is 5. The lowest BCUT2D eigenvalue weighted by Gasteiger charge is -2.66. The van der Waals surface area contributed by atoms with Crippen LogP contribution in [0.15, 0.2) is 23.1 Å². The number of thiophene rings is 1. The molecule has 2 nitrogen and oxygen atoms in total. The summed E-state index contributed by atoms with van der Waals surface area (Å²) in [7, 11) is 1.59. The Hall–Kier alpha value is -2.91. The van der Waals surface area contributed by atoms with Gasteiger partial charge in [0.15, 0.2) is 0 Å². The molecule has 1 aromatic heterocycles. The molecule has 2 bridgehead atoms. The summed E-state index contributed by atoms with van der Waals surface area (Å²) in [5, 5.41) is 9.84. The number of methoxy groups -OCH3 is 1. The summed E-state index contributed by atoms with van der Waals surface area (Å²) >= 11 is 2.09. The Balaban J connectivity index is 1.08. The highest BCUT2D eigenvalue weighted by atomic mass is 32.1. The molecule has 14 aliphatic rings. The summed E-state index contributed by atoms with van der Waals surface area (Å²) in [6, 6.07) is 4.95. The van der Waals surface area contributed by atoms with Gasteiger partial charge in [0, 0.05) is 22.1 Å². The minimum atomic E-state index is -0.00988. The third-order valence-corrected chi connectivity index (χ3v) is 21.8. The van der Waals surface area contributed by atoms with Gasteiger partial charge >= 0.3 is 5.97 Å². The van der Waals surface area contributed by atoms with Gasteiger partial charge in [-0.05, 0) is 234 Å². The van der Waals surface area contributed by atoms with Crippen LogP contribution in [0.25, 0.3) is 27.1 Å². The van der Waals surface area contributed by atoms with E-state index in [1.807, 2.05) is 82.8 Å². The van der Waals surface area contributed by atoms with Crippen molar-refractivity contribution in [2.24, 2.45) is 40.9 Å². The van der Waals surface area contributed by atoms with Crippen molar-refractivity contribution in [1.29, 1.82) is 0 Å². The number of hydrogen-bond acceptors (Lipinski definition) is 3. The maximum absolute atomic E-state index is 12.7. The minimum absolute atomic E-state index is 0.00988. The Labute approximate surface area is 295 Å². The number of hydrogen-bond donors (Lipinski definition) is 0. The second-order valence-electron chi connectivity index (χ2n) is 20.3. The quantitative estimate of drug-likeness (QED) is 0.138. The van der Waals surface area contributed by atoms with Gasteiger partial charge in [-0.1, -0.05) is 6.07 Å². The van der Waals surface area contributed by atoms with Crippen LogP contribution in [0, 0.1) is 40.9 Å². The minimum Gasteiger partial charge on any atom is -0.469 e. The highest BCUT2D eigenvalue weighted by molar-refractivity contribution is 7.10. The summed E-state index contributed by atoms with van der Waals surface area (Å²) < 4.78 is 5.28. The third kappa shape index (κ3) is 1.71. The van der Waals surface area contributed by atoms with Gasteiger partial charge in [0.05, 0.1) is 7.11 Å². The van der Waals surface area contributed by atoms with Crippen molar-refractivity contribution in [2.45, 2.75) is 111 Å². The van der Waals surface area contributed by atoms with Gasteiger partial charge in [0.2, 0.25) is 0 Å². The van der Waals surface area contributed by atoms with E-state index in [1.165, 1.54) is 44.9 Å². The Kier molecular flexibility index (Phi) is 3.22. The van der Waals surface area contributed by atoms with Crippen LogP contribution in [-0.4, -0.2) is 13.1 Å². The van der Waals surface area contributed by atoms with Gasteiger partial charge in [-0.3, -0.25) is 4.79 Å². The standard InChI is InChI=1S/C47H38O2S/c1-49-23(48)5-2-10-46(22-4-3-11-50-22)45-32-20-12-18-16-8-6-14-15-7-9-17-19-13-21-31-29(19)35-27(17)25(15)33-24(14)26(16)34-28(18)30(20)40-39-37(34)36(33)38(35)41(39)43(31)47(46,42(21)45)44(32)40/h3-4,11,14-21,29,31-32,42,44-45H,2,5-10,12-13H2,1H3/t14?,15?,16?,17?,18?,19?,20?,21?,29?,31?,32-,42?,44?,45?,46?,47?/m0/s1. The largest absolute Gasteiger partial charge is 0.469 e. The van der Waals surface area contributed by atoms with Crippen LogP contribution in [0.5, 0.6) is 0 Å². The number of allylic oxidation sites excluding steroid dienone is 1. The molecule has 4 saturated carbocycles. The Morgan fingerprint density at radius 2 is 1.48 bits per heavy atom. The molecule has 3 heteroatoms. The highest BCUT2D eigenvalue weighted by Crippen LogP contribution is 2.99. The summed E-state index contributed by atoms with van der Waals surface area (Å²) in [6.45, 7) is 0. The van der Waals surface area contributed by atoms with E-state index in [0.717, 1.165) is 89.3 Å². The van der Waals surface area contributed by atoms with Gasteiger partial charge in [-0.25, -0.2) is 0 Å². The molecule has 3 aromatic carbocycles. The fourth-order valence-electron chi connectivity index (χ4n) is 21.1. The summed E-state index contributed by atoms with van der Waals surface area (Å²) in [5.41, 5.74) is 23.8. The fourth-order valence-corrected chi connectivity index (χ4v) is 22.2. The van der Waals surface area contributed by atoms with Crippen LogP contribution in [0.1, 0.15) is 166 Å². The van der Waals surface area contributed by atoms with E-state index in [0.29, 0.717) is 6.42 Å². The number of esters is 1. The summed E-state index contributed by atoms with van der Waals surface area (Å²) in [4.78, 5) is 14.4. The van der Waals surface area contributed by atoms with Crippen LogP contribution < -0.4 is 0 Å². The molecule has 1 heterocycles. The maximum Gasteiger partial charge on any atom is 0.305 e. The highest BCUT2D eigenvalue weighted by Gasteiger charge is 2.93. The van der Waals surface area contributed by atoms with Crippen LogP contribution in [0.4, 0.5) is 0 Å². The number of ether oxygens (including phenoxy) is 1. The predicted octanol–water partition coefficient (Wildman–Crippen LogP) is 10.3. The third-order valence-electron chi connectivity index (χ3n) is 20.7. The molecule has 16 atom stereocenters. The van der Waals surface area contributed by atoms with E-state index in [9.17, 15) is 4.79 Å². The molecule has 15 unspecified atom stereocenters. The van der Waals surface area contributed by atoms with Gasteiger partial charge in [0.25, 0.3) is 0 Å². The normalized spacial score (nSPS) is 49.6. The predicted molar refractivity (Wildman–Crippen MR) is 192 cm³/mol. The zero-order chi connectivity index (χ0) is 31.4. The number of benzene rings is 3. The van der Waals surface area contributed by atoms with E-state index in [-0.39, 0.29) is 16.8 Å². The van der Waals surface area contributed by atoms with Crippen molar-refractivity contribution < 1.29 is 9.53 Å². The molecule has 50 heavy (non-hydrogen) atoms. The SMILES string of the molecule is COC(=O)CCCC1(c2cccs2)C2C3C4CC5C6CCC7c8c6c6c9c%10c8c8c%11c%12c%13c%14c%15c(c%12%10)C9=C(C4C65)C31C%15[C@@H]2C%14CC%13C%11CCC87. The molecular formula is C47H38O2S. The van der Waals surface area contributed by atoms with Gasteiger partial charge in [0.1, 0.15) is 0 Å². The zero-order valence-corrected chi connectivity index (χ0v) is 29.2. The molecule has 0 radical (unpaired) electrons. The maximum atomic E-state index is 12.7. The van der Waals surface area contributed by atoms with Crippen molar-refractivity contribution in [3.63, 3.8) is 0 Å². The van der Waals surface area contributed by atoms with Gasteiger partial charge in [-0.2, -0.15) is 0 Å². The van der Waals surface area contributed by atoms with E-state index < -0.39 is 0 Å². The molecule has 244 valence electrons. The first kappa shape index (κ1) is 24.4. The van der Waals surface area contributed by atoms with Crippen molar-refractivity contribution in [2.75, 3.05) is 7.11 Å². The molecule has 4 fully saturated rings. The lowest BCUT2D eigenvalue weighted by Crippen LogP contribution is -2.64. The molecule has 0 saturated heterocycles. The topological polar surface area (TPSA) is 26.3 Å². The van der Waals surface area contributed by atoms with E-state index in [4.69, 9.17) is 4.74 Å². The molecule has 18 rings (SSSR count). The van der Waals surface area contributed by atoms with Crippen LogP contribution in [-0.2, 0) is 14.9 Å². The fraction of sp³-hybridized carbons (Fsp3) is 0.553. The van der Waals surface area contributed by atoms with Crippen molar-refractivity contribution in [3.05, 3.63) is 83.6 Å². The van der Waals surface area contributed by atoms with Gasteiger partial charge < -0.3 is 4.74 Å². The van der Waals surface area contributed by atoms with E-state index >= 15 is 0 Å². The Morgan fingerprint density at radius 1 is 0.760 bits per heavy atom. The lowest BCUT2D eigenvalue weighted by molar-refractivity contribution is -0.141. The van der Waals surface area contributed by atoms with Crippen LogP contribution >= 0.6 is 11.3 Å². The average Bonchev–Trinajstić information content (AvgIpc) is 3.98.